The van der Waals surface area contributed by atoms with E-state index in [1.807, 2.05) is 24.4 Å². The van der Waals surface area contributed by atoms with Crippen LogP contribution in [0, 0.1) is 0 Å². The van der Waals surface area contributed by atoms with Crippen LogP contribution in [-0.2, 0) is 4.74 Å². The van der Waals surface area contributed by atoms with Crippen molar-refractivity contribution in [3.8, 4) is 0 Å². The predicted molar refractivity (Wildman–Crippen MR) is 98.0 cm³/mol. The predicted octanol–water partition coefficient (Wildman–Crippen LogP) is 2.56. The highest BCUT2D eigenvalue weighted by Crippen LogP contribution is 2.22. The number of ether oxygens (including phenoxy) is 1. The summed E-state index contributed by atoms with van der Waals surface area (Å²) in [5, 5.41) is 5.11. The highest BCUT2D eigenvalue weighted by molar-refractivity contribution is 7.12. The number of thiophene rings is 1. The highest BCUT2D eigenvalue weighted by atomic mass is 32.1. The summed E-state index contributed by atoms with van der Waals surface area (Å²) in [5.74, 6) is 0.0407. The molecule has 0 radical (unpaired) electrons. The molecule has 0 bridgehead atoms. The van der Waals surface area contributed by atoms with E-state index < -0.39 is 0 Å². The van der Waals surface area contributed by atoms with E-state index in [0.29, 0.717) is 12.6 Å². The fourth-order valence-electron chi connectivity index (χ4n) is 3.75. The standard InChI is InChI=1S/C18H27N3O3S/c1-2-24-18(23)20-10-7-15(8-11-20)21-9-3-5-14(13-21)19-17(22)16-6-4-12-25-16/h4,6,12,14-15H,2-3,5,7-11,13H2,1H3,(H,19,22)/t14-/m1/s1. The van der Waals surface area contributed by atoms with Gasteiger partial charge in [0.25, 0.3) is 5.91 Å². The summed E-state index contributed by atoms with van der Waals surface area (Å²) in [4.78, 5) is 29.1. The molecule has 0 saturated carbocycles. The molecule has 1 aromatic rings. The first-order chi connectivity index (χ1) is 12.2. The molecule has 1 N–H and O–H groups in total. The molecule has 6 nitrogen and oxygen atoms in total. The van der Waals surface area contributed by atoms with Crippen molar-refractivity contribution in [3.05, 3.63) is 22.4 Å². The van der Waals surface area contributed by atoms with Crippen LogP contribution in [-0.4, -0.2) is 66.7 Å². The van der Waals surface area contributed by atoms with Crippen LogP contribution < -0.4 is 5.32 Å². The van der Waals surface area contributed by atoms with E-state index in [0.717, 1.165) is 56.7 Å². The molecule has 0 aliphatic carbocycles. The summed E-state index contributed by atoms with van der Waals surface area (Å²) in [6.07, 6.45) is 3.90. The van der Waals surface area contributed by atoms with E-state index in [4.69, 9.17) is 4.74 Å². The van der Waals surface area contributed by atoms with Crippen LogP contribution in [0.15, 0.2) is 17.5 Å². The van der Waals surface area contributed by atoms with E-state index in [-0.39, 0.29) is 18.0 Å². The molecule has 2 fully saturated rings. The second-order valence-electron chi connectivity index (χ2n) is 6.70. The Morgan fingerprint density at radius 1 is 1.28 bits per heavy atom. The van der Waals surface area contributed by atoms with Crippen molar-refractivity contribution < 1.29 is 14.3 Å². The number of hydrogen-bond donors (Lipinski definition) is 1. The second kappa shape index (κ2) is 8.67. The van der Waals surface area contributed by atoms with Gasteiger partial charge in [0, 0.05) is 31.7 Å². The number of rotatable bonds is 4. The Balaban J connectivity index is 1.47. The van der Waals surface area contributed by atoms with Gasteiger partial charge in [-0.2, -0.15) is 0 Å². The van der Waals surface area contributed by atoms with Crippen molar-refractivity contribution in [3.63, 3.8) is 0 Å². The third-order valence-electron chi connectivity index (χ3n) is 5.04. The number of amides is 2. The smallest absolute Gasteiger partial charge is 0.409 e. The van der Waals surface area contributed by atoms with Gasteiger partial charge >= 0.3 is 6.09 Å². The van der Waals surface area contributed by atoms with Crippen molar-refractivity contribution in [1.82, 2.24) is 15.1 Å². The summed E-state index contributed by atoms with van der Waals surface area (Å²) in [7, 11) is 0. The molecular formula is C18H27N3O3S. The minimum Gasteiger partial charge on any atom is -0.450 e. The third kappa shape index (κ3) is 4.73. The zero-order chi connectivity index (χ0) is 17.6. The first-order valence-corrected chi connectivity index (χ1v) is 10.1. The van der Waals surface area contributed by atoms with Crippen LogP contribution in [0.25, 0.3) is 0 Å². The molecule has 1 atom stereocenters. The summed E-state index contributed by atoms with van der Waals surface area (Å²) >= 11 is 1.48. The normalized spacial score (nSPS) is 22.6. The molecule has 7 heteroatoms. The Bertz CT molecular complexity index is 570. The number of likely N-dealkylation sites (tertiary alicyclic amines) is 2. The Kier molecular flexibility index (Phi) is 6.31. The second-order valence-corrected chi connectivity index (χ2v) is 7.65. The van der Waals surface area contributed by atoms with Gasteiger partial charge in [0.05, 0.1) is 11.5 Å². The van der Waals surface area contributed by atoms with E-state index in [1.165, 1.54) is 11.3 Å². The summed E-state index contributed by atoms with van der Waals surface area (Å²) in [5.41, 5.74) is 0. The van der Waals surface area contributed by atoms with Gasteiger partial charge in [-0.1, -0.05) is 6.07 Å². The molecule has 25 heavy (non-hydrogen) atoms. The van der Waals surface area contributed by atoms with Crippen LogP contribution >= 0.6 is 11.3 Å². The zero-order valence-corrected chi connectivity index (χ0v) is 15.6. The first kappa shape index (κ1) is 18.2. The maximum absolute atomic E-state index is 12.3. The lowest BCUT2D eigenvalue weighted by atomic mass is 9.98. The zero-order valence-electron chi connectivity index (χ0n) is 14.8. The largest absolute Gasteiger partial charge is 0.450 e. The van der Waals surface area contributed by atoms with Crippen LogP contribution in [0.2, 0.25) is 0 Å². The van der Waals surface area contributed by atoms with Crippen molar-refractivity contribution >= 4 is 23.3 Å². The van der Waals surface area contributed by atoms with Crippen LogP contribution in [0.5, 0.6) is 0 Å². The SMILES string of the molecule is CCOC(=O)N1CCC(N2CCC[C@@H](NC(=O)c3cccs3)C2)CC1. The van der Waals surface area contributed by atoms with Gasteiger partial charge in [-0.15, -0.1) is 11.3 Å². The minimum atomic E-state index is -0.194. The molecule has 0 unspecified atom stereocenters. The number of hydrogen-bond acceptors (Lipinski definition) is 5. The molecule has 0 spiro atoms. The molecule has 2 aliphatic rings. The van der Waals surface area contributed by atoms with Gasteiger partial charge in [-0.3, -0.25) is 9.69 Å². The van der Waals surface area contributed by atoms with Gasteiger partial charge in [0.15, 0.2) is 0 Å². The molecule has 3 rings (SSSR count). The Hall–Kier alpha value is -1.60. The Labute approximate surface area is 153 Å². The van der Waals surface area contributed by atoms with Crippen LogP contribution in [0.3, 0.4) is 0 Å². The van der Waals surface area contributed by atoms with E-state index in [2.05, 4.69) is 10.2 Å². The van der Waals surface area contributed by atoms with Gasteiger partial charge < -0.3 is 15.0 Å². The van der Waals surface area contributed by atoms with Crippen molar-refractivity contribution in [2.24, 2.45) is 0 Å². The fourth-order valence-corrected chi connectivity index (χ4v) is 4.38. The van der Waals surface area contributed by atoms with E-state index in [9.17, 15) is 9.59 Å². The molecule has 2 amide bonds. The van der Waals surface area contributed by atoms with Crippen LogP contribution in [0.1, 0.15) is 42.3 Å². The number of carbonyl (C=O) groups excluding carboxylic acids is 2. The quantitative estimate of drug-likeness (QED) is 0.891. The molecule has 0 aromatic carbocycles. The summed E-state index contributed by atoms with van der Waals surface area (Å²) in [6.45, 7) is 5.76. The van der Waals surface area contributed by atoms with E-state index in [1.54, 1.807) is 4.90 Å². The van der Waals surface area contributed by atoms with Gasteiger partial charge in [0.2, 0.25) is 0 Å². The monoisotopic (exact) mass is 365 g/mol. The maximum Gasteiger partial charge on any atom is 0.409 e. The lowest BCUT2D eigenvalue weighted by Gasteiger charge is -2.42. The number of nitrogens with one attached hydrogen (secondary N) is 1. The first-order valence-electron chi connectivity index (χ1n) is 9.17. The Morgan fingerprint density at radius 2 is 2.08 bits per heavy atom. The molecule has 1 aromatic heterocycles. The molecule has 2 saturated heterocycles. The van der Waals surface area contributed by atoms with Gasteiger partial charge in [-0.25, -0.2) is 4.79 Å². The molecule has 138 valence electrons. The lowest BCUT2D eigenvalue weighted by molar-refractivity contribution is 0.0602. The minimum absolute atomic E-state index is 0.0407. The topological polar surface area (TPSA) is 61.9 Å². The average molecular weight is 365 g/mol. The summed E-state index contributed by atoms with van der Waals surface area (Å²) < 4.78 is 5.09. The maximum atomic E-state index is 12.3. The van der Waals surface area contributed by atoms with Crippen LogP contribution in [0.4, 0.5) is 4.79 Å². The lowest BCUT2D eigenvalue weighted by Crippen LogP contribution is -2.54. The average Bonchev–Trinajstić information content (AvgIpc) is 3.17. The molecule has 2 aliphatic heterocycles. The van der Waals surface area contributed by atoms with Crippen molar-refractivity contribution in [1.29, 1.82) is 0 Å². The van der Waals surface area contributed by atoms with Crippen molar-refractivity contribution in [2.75, 3.05) is 32.8 Å². The van der Waals surface area contributed by atoms with Gasteiger partial charge in [0.1, 0.15) is 0 Å². The summed E-state index contributed by atoms with van der Waals surface area (Å²) in [6, 6.07) is 4.48. The number of nitrogens with zero attached hydrogens (tertiary/aromatic N) is 2. The van der Waals surface area contributed by atoms with E-state index >= 15 is 0 Å². The van der Waals surface area contributed by atoms with Gasteiger partial charge in [-0.05, 0) is 50.6 Å². The highest BCUT2D eigenvalue weighted by Gasteiger charge is 2.31. The fraction of sp³-hybridized carbons (Fsp3) is 0.667. The molecule has 3 heterocycles. The Morgan fingerprint density at radius 3 is 2.76 bits per heavy atom. The third-order valence-corrected chi connectivity index (χ3v) is 5.91. The molecular weight excluding hydrogens is 338 g/mol. The number of piperidine rings is 2. The van der Waals surface area contributed by atoms with Crippen molar-refractivity contribution in [2.45, 2.75) is 44.7 Å². The number of carbonyl (C=O) groups is 2.